The molecule has 0 unspecified atom stereocenters. The number of fused-ring (bicyclic) bond motifs is 9. The third-order valence-electron chi connectivity index (χ3n) is 11.7. The molecule has 0 saturated carbocycles. The molecule has 4 heteroatoms. The lowest BCUT2D eigenvalue weighted by atomic mass is 9.33. The van der Waals surface area contributed by atoms with E-state index in [9.17, 15) is 0 Å². The lowest BCUT2D eigenvalue weighted by Gasteiger charge is -2.41. The van der Waals surface area contributed by atoms with Crippen LogP contribution in [0.2, 0.25) is 0 Å². The van der Waals surface area contributed by atoms with Crippen molar-refractivity contribution in [3.63, 3.8) is 0 Å². The van der Waals surface area contributed by atoms with Gasteiger partial charge in [0.2, 0.25) is 0 Å². The van der Waals surface area contributed by atoms with Crippen LogP contribution in [0.15, 0.2) is 176 Å². The minimum Gasteiger partial charge on any atom is -0.458 e. The van der Waals surface area contributed by atoms with Gasteiger partial charge in [0.25, 0.3) is 6.71 Å². The molecule has 2 aliphatic heterocycles. The second-order valence-corrected chi connectivity index (χ2v) is 14.9. The van der Waals surface area contributed by atoms with E-state index in [1.807, 2.05) is 0 Å². The number of hydrogen-bond donors (Lipinski definition) is 0. The van der Waals surface area contributed by atoms with E-state index in [2.05, 4.69) is 200 Å². The summed E-state index contributed by atoms with van der Waals surface area (Å²) in [5, 5.41) is 2.47. The molecule has 0 saturated heterocycles. The zero-order chi connectivity index (χ0) is 35.3. The fourth-order valence-electron chi connectivity index (χ4n) is 9.27. The fraction of sp³-hybridized carbons (Fsp3) is 0.0612. The summed E-state index contributed by atoms with van der Waals surface area (Å²) in [6.07, 6.45) is 0. The van der Waals surface area contributed by atoms with E-state index in [-0.39, 0.29) is 12.1 Å². The van der Waals surface area contributed by atoms with E-state index in [1.54, 1.807) is 0 Å². The van der Waals surface area contributed by atoms with Crippen LogP contribution in [-0.4, -0.2) is 6.71 Å². The minimum absolute atomic E-state index is 0.0121. The number of hydrogen-bond acceptors (Lipinski definition) is 3. The van der Waals surface area contributed by atoms with Crippen molar-refractivity contribution in [1.82, 2.24) is 0 Å². The molecule has 250 valence electrons. The van der Waals surface area contributed by atoms with Gasteiger partial charge in [-0.25, -0.2) is 0 Å². The molecular formula is C49H35BN2O. The molecule has 0 N–H and O–H groups in total. The van der Waals surface area contributed by atoms with Gasteiger partial charge in [0, 0.05) is 39.5 Å². The predicted octanol–water partition coefficient (Wildman–Crippen LogP) is 11.0. The highest BCUT2D eigenvalue weighted by Gasteiger charge is 2.45. The lowest BCUT2D eigenvalue weighted by molar-refractivity contribution is 0.488. The van der Waals surface area contributed by atoms with Crippen LogP contribution in [0.3, 0.4) is 0 Å². The van der Waals surface area contributed by atoms with Crippen LogP contribution in [0.1, 0.15) is 25.0 Å². The lowest BCUT2D eigenvalue weighted by Crippen LogP contribution is -2.59. The molecule has 0 radical (unpaired) electrons. The van der Waals surface area contributed by atoms with Crippen molar-refractivity contribution in [2.75, 3.05) is 9.80 Å². The summed E-state index contributed by atoms with van der Waals surface area (Å²) in [5.41, 5.74) is 15.8. The maximum atomic E-state index is 6.79. The average molecular weight is 679 g/mol. The molecular weight excluding hydrogens is 643 g/mol. The molecule has 11 rings (SSSR count). The van der Waals surface area contributed by atoms with Crippen molar-refractivity contribution in [2.24, 2.45) is 0 Å². The summed E-state index contributed by atoms with van der Waals surface area (Å²) in [4.78, 5) is 4.82. The highest BCUT2D eigenvalue weighted by molar-refractivity contribution is 7.00. The number of anilines is 6. The van der Waals surface area contributed by atoms with Gasteiger partial charge in [0.05, 0.1) is 0 Å². The molecule has 0 aromatic heterocycles. The van der Waals surface area contributed by atoms with Crippen LogP contribution in [0.4, 0.5) is 34.1 Å². The van der Waals surface area contributed by atoms with Crippen LogP contribution in [0, 0.1) is 0 Å². The van der Waals surface area contributed by atoms with E-state index < -0.39 is 0 Å². The number of benzene rings is 8. The Bertz CT molecular complexity index is 2700. The topological polar surface area (TPSA) is 15.7 Å². The predicted molar refractivity (Wildman–Crippen MR) is 222 cm³/mol. The smallest absolute Gasteiger partial charge is 0.257 e. The van der Waals surface area contributed by atoms with E-state index >= 15 is 0 Å². The summed E-state index contributed by atoms with van der Waals surface area (Å²) < 4.78 is 6.79. The molecule has 53 heavy (non-hydrogen) atoms. The standard InChI is InChI=1S/C49H35BN2O/c1-49(2)40-29-36(51(33-16-6-3-7-17-33)34-18-8-4-9-19-34)26-27-38(40)39-30-44-42(31-41(39)49)50-47-37-22-13-12-15-32(37)25-28-46(47)53-45-24-14-23-43(48(45)50)52(44)35-20-10-5-11-21-35/h3-31H,1-2H3. The van der Waals surface area contributed by atoms with Crippen molar-refractivity contribution in [2.45, 2.75) is 19.3 Å². The molecule has 0 bridgehead atoms. The summed E-state index contributed by atoms with van der Waals surface area (Å²) >= 11 is 0. The largest absolute Gasteiger partial charge is 0.458 e. The molecule has 0 spiro atoms. The van der Waals surface area contributed by atoms with Crippen LogP contribution >= 0.6 is 0 Å². The monoisotopic (exact) mass is 678 g/mol. The molecule has 0 amide bonds. The molecule has 2 heterocycles. The van der Waals surface area contributed by atoms with Crippen molar-refractivity contribution in [1.29, 1.82) is 0 Å². The Morgan fingerprint density at radius 3 is 1.92 bits per heavy atom. The van der Waals surface area contributed by atoms with Crippen LogP contribution in [0.25, 0.3) is 21.9 Å². The Hall–Kier alpha value is -6.52. The number of ether oxygens (including phenoxy) is 1. The number of nitrogens with zero attached hydrogens (tertiary/aromatic N) is 2. The second-order valence-electron chi connectivity index (χ2n) is 14.9. The Morgan fingerprint density at radius 2 is 1.17 bits per heavy atom. The molecule has 3 aliphatic rings. The number of para-hydroxylation sites is 3. The molecule has 0 fully saturated rings. The maximum Gasteiger partial charge on any atom is 0.257 e. The van der Waals surface area contributed by atoms with Gasteiger partial charge in [-0.2, -0.15) is 0 Å². The Labute approximate surface area is 310 Å². The third kappa shape index (κ3) is 4.36. The average Bonchev–Trinajstić information content (AvgIpc) is 3.42. The van der Waals surface area contributed by atoms with Gasteiger partial charge in [-0.05, 0) is 122 Å². The maximum absolute atomic E-state index is 6.79. The summed E-state index contributed by atoms with van der Waals surface area (Å²) in [5.74, 6) is 1.86. The third-order valence-corrected chi connectivity index (χ3v) is 11.7. The first kappa shape index (κ1) is 30.1. The Balaban J connectivity index is 1.16. The van der Waals surface area contributed by atoms with Crippen LogP contribution in [0.5, 0.6) is 11.5 Å². The first-order chi connectivity index (χ1) is 26.1. The zero-order valence-corrected chi connectivity index (χ0v) is 29.6. The molecule has 0 atom stereocenters. The van der Waals surface area contributed by atoms with E-state index in [1.165, 1.54) is 60.8 Å². The van der Waals surface area contributed by atoms with E-state index in [0.29, 0.717) is 0 Å². The molecule has 1 aliphatic carbocycles. The van der Waals surface area contributed by atoms with Gasteiger partial charge in [-0.15, -0.1) is 0 Å². The zero-order valence-electron chi connectivity index (χ0n) is 29.6. The Kier molecular flexibility index (Phi) is 6.39. The van der Waals surface area contributed by atoms with Crippen LogP contribution < -0.4 is 30.9 Å². The second kappa shape index (κ2) is 11.2. The SMILES string of the molecule is CC1(C)c2cc(N(c3ccccc3)c3ccccc3)ccc2-c2cc3c(cc21)B1c2c(cccc2N3c2ccccc2)Oc2ccc3ccccc3c21. The fourth-order valence-corrected chi connectivity index (χ4v) is 9.27. The first-order valence-corrected chi connectivity index (χ1v) is 18.5. The minimum atomic E-state index is -0.237. The summed E-state index contributed by atoms with van der Waals surface area (Å²) in [6.45, 7) is 4.81. The molecule has 8 aromatic rings. The van der Waals surface area contributed by atoms with E-state index in [4.69, 9.17) is 4.74 Å². The number of rotatable bonds is 4. The summed E-state index contributed by atoms with van der Waals surface area (Å²) in [6, 6.07) is 63.9. The molecule has 8 aromatic carbocycles. The van der Waals surface area contributed by atoms with Gasteiger partial charge in [0.1, 0.15) is 11.5 Å². The quantitative estimate of drug-likeness (QED) is 0.172. The Morgan fingerprint density at radius 1 is 0.509 bits per heavy atom. The van der Waals surface area contributed by atoms with Gasteiger partial charge in [0.15, 0.2) is 0 Å². The molecule has 3 nitrogen and oxygen atoms in total. The van der Waals surface area contributed by atoms with Crippen molar-refractivity contribution in [3.8, 4) is 22.6 Å². The van der Waals surface area contributed by atoms with E-state index in [0.717, 1.165) is 34.2 Å². The summed E-state index contributed by atoms with van der Waals surface area (Å²) in [7, 11) is 0. The highest BCUT2D eigenvalue weighted by atomic mass is 16.5. The van der Waals surface area contributed by atoms with Crippen molar-refractivity contribution in [3.05, 3.63) is 187 Å². The van der Waals surface area contributed by atoms with Gasteiger partial charge < -0.3 is 14.5 Å². The van der Waals surface area contributed by atoms with Crippen molar-refractivity contribution < 1.29 is 4.74 Å². The van der Waals surface area contributed by atoms with Crippen molar-refractivity contribution >= 4 is 68.0 Å². The van der Waals surface area contributed by atoms with Gasteiger partial charge in [-0.1, -0.05) is 117 Å². The van der Waals surface area contributed by atoms with Gasteiger partial charge in [-0.3, -0.25) is 0 Å². The normalized spacial score (nSPS) is 14.1. The highest BCUT2D eigenvalue weighted by Crippen LogP contribution is 2.53. The van der Waals surface area contributed by atoms with Crippen LogP contribution in [-0.2, 0) is 5.41 Å². The first-order valence-electron chi connectivity index (χ1n) is 18.5. The van der Waals surface area contributed by atoms with Gasteiger partial charge >= 0.3 is 0 Å².